The molecule has 0 atom stereocenters. The highest BCUT2D eigenvalue weighted by Crippen LogP contribution is 2.34. The molecule has 0 saturated carbocycles. The molecule has 0 N–H and O–H groups in total. The summed E-state index contributed by atoms with van der Waals surface area (Å²) in [4.78, 5) is 0. The van der Waals surface area contributed by atoms with Crippen molar-refractivity contribution in [1.82, 2.24) is 9.78 Å². The number of hydrogen-bond acceptors (Lipinski definition) is 2. The molecule has 1 aromatic carbocycles. The van der Waals surface area contributed by atoms with Crippen LogP contribution in [0.5, 0.6) is 0 Å². The predicted molar refractivity (Wildman–Crippen MR) is 70.6 cm³/mol. The standard InChI is InChI=1S/C13H13F3N2S/c1-2-9-3-5-11(6-4-9)18-12(13(14,15)16)10(8-19)7-17-18/h3-7,19H,2,8H2,1H3. The Balaban J connectivity index is 2.52. The van der Waals surface area contributed by atoms with Gasteiger partial charge >= 0.3 is 6.18 Å². The maximum atomic E-state index is 13.1. The summed E-state index contributed by atoms with van der Waals surface area (Å²) >= 11 is 3.92. The van der Waals surface area contributed by atoms with Crippen LogP contribution < -0.4 is 0 Å². The highest BCUT2D eigenvalue weighted by atomic mass is 32.1. The van der Waals surface area contributed by atoms with Crippen LogP contribution in [-0.4, -0.2) is 9.78 Å². The van der Waals surface area contributed by atoms with Crippen LogP contribution in [0.15, 0.2) is 30.5 Å². The van der Waals surface area contributed by atoms with Crippen LogP contribution in [0.4, 0.5) is 13.2 Å². The molecule has 0 saturated heterocycles. The van der Waals surface area contributed by atoms with Gasteiger partial charge < -0.3 is 0 Å². The second kappa shape index (κ2) is 5.28. The molecular weight excluding hydrogens is 273 g/mol. The number of hydrogen-bond donors (Lipinski definition) is 1. The number of aryl methyl sites for hydroxylation is 1. The second-order valence-corrected chi connectivity index (χ2v) is 4.42. The van der Waals surface area contributed by atoms with E-state index in [0.717, 1.165) is 16.7 Å². The van der Waals surface area contributed by atoms with E-state index in [1.807, 2.05) is 6.92 Å². The van der Waals surface area contributed by atoms with Gasteiger partial charge in [0.1, 0.15) is 0 Å². The van der Waals surface area contributed by atoms with E-state index >= 15 is 0 Å². The molecule has 0 amide bonds. The van der Waals surface area contributed by atoms with Gasteiger partial charge in [-0.05, 0) is 24.1 Å². The largest absolute Gasteiger partial charge is 0.433 e. The van der Waals surface area contributed by atoms with Crippen molar-refractivity contribution in [2.45, 2.75) is 25.3 Å². The van der Waals surface area contributed by atoms with Crippen LogP contribution in [0.2, 0.25) is 0 Å². The molecule has 0 aliphatic carbocycles. The van der Waals surface area contributed by atoms with Gasteiger partial charge in [-0.2, -0.15) is 30.9 Å². The first-order valence-electron chi connectivity index (χ1n) is 5.81. The van der Waals surface area contributed by atoms with Crippen molar-refractivity contribution in [2.75, 3.05) is 0 Å². The quantitative estimate of drug-likeness (QED) is 0.848. The van der Waals surface area contributed by atoms with E-state index in [-0.39, 0.29) is 11.3 Å². The molecule has 2 nitrogen and oxygen atoms in total. The maximum Gasteiger partial charge on any atom is 0.433 e. The Labute approximate surface area is 114 Å². The smallest absolute Gasteiger partial charge is 0.228 e. The van der Waals surface area contributed by atoms with E-state index in [1.165, 1.54) is 6.20 Å². The average molecular weight is 286 g/mol. The number of benzene rings is 1. The van der Waals surface area contributed by atoms with Gasteiger partial charge in [0.25, 0.3) is 0 Å². The van der Waals surface area contributed by atoms with Gasteiger partial charge in [0.05, 0.1) is 11.9 Å². The minimum atomic E-state index is -4.45. The molecule has 102 valence electrons. The zero-order valence-corrected chi connectivity index (χ0v) is 11.2. The zero-order valence-electron chi connectivity index (χ0n) is 10.3. The molecule has 19 heavy (non-hydrogen) atoms. The van der Waals surface area contributed by atoms with E-state index in [2.05, 4.69) is 17.7 Å². The summed E-state index contributed by atoms with van der Waals surface area (Å²) in [6, 6.07) is 6.89. The van der Waals surface area contributed by atoms with Crippen molar-refractivity contribution in [3.63, 3.8) is 0 Å². The van der Waals surface area contributed by atoms with Crippen LogP contribution in [0.25, 0.3) is 5.69 Å². The lowest BCUT2D eigenvalue weighted by molar-refractivity contribution is -0.143. The Hall–Kier alpha value is -1.43. The van der Waals surface area contributed by atoms with E-state index in [4.69, 9.17) is 0 Å². The molecule has 2 aromatic rings. The minimum absolute atomic E-state index is 0.00187. The molecule has 0 radical (unpaired) electrons. The van der Waals surface area contributed by atoms with Crippen molar-refractivity contribution < 1.29 is 13.2 Å². The van der Waals surface area contributed by atoms with Crippen molar-refractivity contribution in [3.05, 3.63) is 47.3 Å². The summed E-state index contributed by atoms with van der Waals surface area (Å²) in [6.07, 6.45) is -2.39. The first kappa shape index (κ1) is 14.0. The minimum Gasteiger partial charge on any atom is -0.228 e. The van der Waals surface area contributed by atoms with Gasteiger partial charge in [0.2, 0.25) is 0 Å². The van der Waals surface area contributed by atoms with Crippen molar-refractivity contribution in [2.24, 2.45) is 0 Å². The molecule has 0 unspecified atom stereocenters. The zero-order chi connectivity index (χ0) is 14.0. The van der Waals surface area contributed by atoms with E-state index in [9.17, 15) is 13.2 Å². The number of halogens is 3. The van der Waals surface area contributed by atoms with Gasteiger partial charge in [-0.3, -0.25) is 0 Å². The van der Waals surface area contributed by atoms with Crippen LogP contribution in [-0.2, 0) is 18.3 Å². The molecule has 0 fully saturated rings. The molecular formula is C13H13F3N2S. The number of rotatable bonds is 3. The van der Waals surface area contributed by atoms with E-state index in [1.54, 1.807) is 24.3 Å². The average Bonchev–Trinajstić information content (AvgIpc) is 2.82. The molecule has 0 aliphatic heterocycles. The lowest BCUT2D eigenvalue weighted by Crippen LogP contribution is -2.15. The Bertz CT molecular complexity index is 558. The molecule has 1 heterocycles. The third-order valence-corrected chi connectivity index (χ3v) is 3.21. The van der Waals surface area contributed by atoms with Gasteiger partial charge in [-0.15, -0.1) is 0 Å². The summed E-state index contributed by atoms with van der Waals surface area (Å²) in [7, 11) is 0. The van der Waals surface area contributed by atoms with Gasteiger partial charge in [0.15, 0.2) is 5.69 Å². The molecule has 6 heteroatoms. The molecule has 0 bridgehead atoms. The topological polar surface area (TPSA) is 17.8 Å². The highest BCUT2D eigenvalue weighted by molar-refractivity contribution is 7.79. The van der Waals surface area contributed by atoms with Crippen molar-refractivity contribution in [1.29, 1.82) is 0 Å². The molecule has 2 rings (SSSR count). The SMILES string of the molecule is CCc1ccc(-n2ncc(CS)c2C(F)(F)F)cc1. The number of aromatic nitrogens is 2. The monoisotopic (exact) mass is 286 g/mol. The van der Waals surface area contributed by atoms with Crippen LogP contribution in [0.3, 0.4) is 0 Å². The summed E-state index contributed by atoms with van der Waals surface area (Å²) < 4.78 is 40.1. The fourth-order valence-electron chi connectivity index (χ4n) is 1.87. The summed E-state index contributed by atoms with van der Waals surface area (Å²) in [5.74, 6) is 0.00187. The van der Waals surface area contributed by atoms with E-state index < -0.39 is 11.9 Å². The Morgan fingerprint density at radius 2 is 1.84 bits per heavy atom. The number of nitrogens with zero attached hydrogens (tertiary/aromatic N) is 2. The predicted octanol–water partition coefficient (Wildman–Crippen LogP) is 3.88. The first-order chi connectivity index (χ1) is 8.97. The normalized spacial score (nSPS) is 11.8. The van der Waals surface area contributed by atoms with Gasteiger partial charge in [-0.1, -0.05) is 19.1 Å². The van der Waals surface area contributed by atoms with Crippen LogP contribution in [0, 0.1) is 0 Å². The van der Waals surface area contributed by atoms with Crippen molar-refractivity contribution >= 4 is 12.6 Å². The third kappa shape index (κ3) is 2.78. The summed E-state index contributed by atoms with van der Waals surface area (Å²) in [5, 5.41) is 3.83. The number of alkyl halides is 3. The Morgan fingerprint density at radius 3 is 2.32 bits per heavy atom. The maximum absolute atomic E-state index is 13.1. The molecule has 1 aromatic heterocycles. The Morgan fingerprint density at radius 1 is 1.21 bits per heavy atom. The van der Waals surface area contributed by atoms with Crippen molar-refractivity contribution in [3.8, 4) is 5.69 Å². The lowest BCUT2D eigenvalue weighted by Gasteiger charge is -2.12. The second-order valence-electron chi connectivity index (χ2n) is 4.11. The van der Waals surface area contributed by atoms with Gasteiger partial charge in [-0.25, -0.2) is 4.68 Å². The van der Waals surface area contributed by atoms with Gasteiger partial charge in [0, 0.05) is 11.3 Å². The Kier molecular flexibility index (Phi) is 3.89. The van der Waals surface area contributed by atoms with Crippen LogP contribution in [0.1, 0.15) is 23.7 Å². The molecule has 0 spiro atoms. The molecule has 0 aliphatic rings. The fraction of sp³-hybridized carbons (Fsp3) is 0.308. The third-order valence-electron chi connectivity index (χ3n) is 2.87. The lowest BCUT2D eigenvalue weighted by atomic mass is 10.1. The van der Waals surface area contributed by atoms with Crippen LogP contribution >= 0.6 is 12.6 Å². The summed E-state index contributed by atoms with van der Waals surface area (Å²) in [5.41, 5.74) is 0.790. The number of thiol groups is 1. The summed E-state index contributed by atoms with van der Waals surface area (Å²) in [6.45, 7) is 1.99. The first-order valence-corrected chi connectivity index (χ1v) is 6.45. The fourth-order valence-corrected chi connectivity index (χ4v) is 2.10. The van der Waals surface area contributed by atoms with E-state index in [0.29, 0.717) is 5.69 Å². The highest BCUT2D eigenvalue weighted by Gasteiger charge is 2.38.